The van der Waals surface area contributed by atoms with Gasteiger partial charge in [0.1, 0.15) is 17.1 Å². The molecule has 2 aromatic heterocycles. The van der Waals surface area contributed by atoms with Crippen LogP contribution in [0.25, 0.3) is 33.7 Å². The van der Waals surface area contributed by atoms with Crippen molar-refractivity contribution in [3.63, 3.8) is 0 Å². The van der Waals surface area contributed by atoms with E-state index in [2.05, 4.69) is 10.1 Å². The lowest BCUT2D eigenvalue weighted by Gasteiger charge is -2.29. The number of halogens is 1. The van der Waals surface area contributed by atoms with Gasteiger partial charge in [0, 0.05) is 37.3 Å². The molecule has 0 bridgehead atoms. The van der Waals surface area contributed by atoms with E-state index >= 15 is 0 Å². The fourth-order valence-electron chi connectivity index (χ4n) is 4.10. The van der Waals surface area contributed by atoms with E-state index < -0.39 is 5.82 Å². The van der Waals surface area contributed by atoms with Gasteiger partial charge < -0.3 is 23.5 Å². The number of fused-ring (bicyclic) bond motifs is 1. The molecule has 0 saturated carbocycles. The summed E-state index contributed by atoms with van der Waals surface area (Å²) in [5, 5.41) is 4.28. The van der Waals surface area contributed by atoms with Gasteiger partial charge in [-0.3, -0.25) is 4.79 Å². The Kier molecular flexibility index (Phi) is 5.79. The molecule has 0 unspecified atom stereocenters. The number of aromatic nitrogens is 3. The Hall–Kier alpha value is -3.72. The first-order valence-corrected chi connectivity index (χ1v) is 11.2. The van der Waals surface area contributed by atoms with Crippen molar-refractivity contribution in [1.82, 2.24) is 14.7 Å². The second-order valence-corrected chi connectivity index (χ2v) is 8.52. The van der Waals surface area contributed by atoms with Crippen LogP contribution < -0.4 is 15.1 Å². The molecule has 1 aliphatic heterocycles. The fourth-order valence-corrected chi connectivity index (χ4v) is 4.10. The molecule has 176 valence electrons. The van der Waals surface area contributed by atoms with Gasteiger partial charge in [-0.1, -0.05) is 5.16 Å². The third-order valence-corrected chi connectivity index (χ3v) is 5.75. The van der Waals surface area contributed by atoms with Crippen LogP contribution in [-0.4, -0.2) is 47.1 Å². The van der Waals surface area contributed by atoms with E-state index in [-0.39, 0.29) is 28.4 Å². The number of ether oxygens (including phenoxy) is 2. The third-order valence-electron chi connectivity index (χ3n) is 5.75. The average Bonchev–Trinajstić information content (AvgIpc) is 3.32. The van der Waals surface area contributed by atoms with Crippen LogP contribution in [0, 0.1) is 5.82 Å². The van der Waals surface area contributed by atoms with Gasteiger partial charge in [-0.25, -0.2) is 4.39 Å². The molecule has 0 radical (unpaired) electrons. The van der Waals surface area contributed by atoms with Crippen molar-refractivity contribution in [2.24, 2.45) is 7.05 Å². The molecule has 0 spiro atoms. The van der Waals surface area contributed by atoms with Crippen molar-refractivity contribution in [3.05, 3.63) is 58.6 Å². The van der Waals surface area contributed by atoms with Crippen molar-refractivity contribution >= 4 is 16.6 Å². The van der Waals surface area contributed by atoms with Crippen molar-refractivity contribution in [3.8, 4) is 28.6 Å². The van der Waals surface area contributed by atoms with Crippen molar-refractivity contribution in [1.29, 1.82) is 0 Å². The number of hydrogen-bond acceptors (Lipinski definition) is 7. The van der Waals surface area contributed by atoms with Gasteiger partial charge in [0.2, 0.25) is 11.3 Å². The van der Waals surface area contributed by atoms with E-state index in [1.165, 1.54) is 6.07 Å². The van der Waals surface area contributed by atoms with Crippen molar-refractivity contribution < 1.29 is 18.4 Å². The van der Waals surface area contributed by atoms with Crippen LogP contribution in [0.3, 0.4) is 0 Å². The van der Waals surface area contributed by atoms with E-state index in [0.29, 0.717) is 43.3 Å². The Morgan fingerprint density at radius 1 is 1.12 bits per heavy atom. The summed E-state index contributed by atoms with van der Waals surface area (Å²) in [5.74, 6) is 0.725. The Morgan fingerprint density at radius 3 is 2.56 bits per heavy atom. The van der Waals surface area contributed by atoms with Gasteiger partial charge in [-0.2, -0.15) is 4.98 Å². The third kappa shape index (κ3) is 4.14. The van der Waals surface area contributed by atoms with Crippen LogP contribution in [0.15, 0.2) is 51.9 Å². The maximum Gasteiger partial charge on any atom is 0.263 e. The predicted molar refractivity (Wildman–Crippen MR) is 127 cm³/mol. The number of morpholine rings is 1. The lowest BCUT2D eigenvalue weighted by atomic mass is 10.1. The summed E-state index contributed by atoms with van der Waals surface area (Å²) in [6.45, 7) is 6.20. The van der Waals surface area contributed by atoms with Crippen LogP contribution in [0.4, 0.5) is 10.1 Å². The maximum atomic E-state index is 15.0. The minimum atomic E-state index is -0.446. The summed E-state index contributed by atoms with van der Waals surface area (Å²) in [7, 11) is 1.80. The van der Waals surface area contributed by atoms with Crippen molar-refractivity contribution in [2.45, 2.75) is 20.0 Å². The molecular weight excluding hydrogens is 439 g/mol. The Labute approximate surface area is 195 Å². The maximum absolute atomic E-state index is 15.0. The van der Waals surface area contributed by atoms with Gasteiger partial charge in [0.15, 0.2) is 0 Å². The summed E-state index contributed by atoms with van der Waals surface area (Å²) >= 11 is 0. The van der Waals surface area contributed by atoms with Gasteiger partial charge in [-0.05, 0) is 50.2 Å². The van der Waals surface area contributed by atoms with E-state index in [1.807, 2.05) is 43.0 Å². The molecule has 9 heteroatoms. The molecule has 8 nitrogen and oxygen atoms in total. The number of pyridine rings is 1. The molecule has 3 heterocycles. The first-order chi connectivity index (χ1) is 16.4. The Balaban J connectivity index is 1.50. The molecule has 0 aliphatic carbocycles. The second-order valence-electron chi connectivity index (χ2n) is 8.52. The number of nitrogens with zero attached hydrogens (tertiary/aromatic N) is 4. The lowest BCUT2D eigenvalue weighted by molar-refractivity contribution is 0.122. The van der Waals surface area contributed by atoms with Crippen LogP contribution >= 0.6 is 0 Å². The normalized spacial score (nSPS) is 14.2. The zero-order chi connectivity index (χ0) is 23.8. The van der Waals surface area contributed by atoms with Crippen LogP contribution in [-0.2, 0) is 11.8 Å². The SMILES string of the molecule is CC(C)Oc1ccc(-c2noc(-c3cn(C)c4cc(N5CCOCC5)c(F)cc4c3=O)n2)cc1. The van der Waals surface area contributed by atoms with E-state index in [9.17, 15) is 9.18 Å². The topological polar surface area (TPSA) is 82.6 Å². The predicted octanol–water partition coefficient (Wildman–Crippen LogP) is 4.02. The van der Waals surface area contributed by atoms with Gasteiger partial charge >= 0.3 is 0 Å². The van der Waals surface area contributed by atoms with Crippen LogP contribution in [0.2, 0.25) is 0 Å². The summed E-state index contributed by atoms with van der Waals surface area (Å²) in [6, 6.07) is 10.3. The Bertz CT molecular complexity index is 1390. The number of aryl methyl sites for hydroxylation is 1. The number of rotatable bonds is 5. The summed E-state index contributed by atoms with van der Waals surface area (Å²) in [6.07, 6.45) is 1.71. The standard InChI is InChI=1S/C25H25FN4O4/c1-15(2)33-17-6-4-16(5-7-17)24-27-25(34-28-24)19-14-29(3)21-13-22(30-8-10-32-11-9-30)20(26)12-18(21)23(19)31/h4-7,12-15H,8-11H2,1-3H3. The fraction of sp³-hybridized carbons (Fsp3) is 0.320. The zero-order valence-corrected chi connectivity index (χ0v) is 19.2. The molecule has 0 atom stereocenters. The van der Waals surface area contributed by atoms with Gasteiger partial charge in [-0.15, -0.1) is 0 Å². The first-order valence-electron chi connectivity index (χ1n) is 11.2. The lowest BCUT2D eigenvalue weighted by Crippen LogP contribution is -2.36. The highest BCUT2D eigenvalue weighted by atomic mass is 19.1. The monoisotopic (exact) mass is 464 g/mol. The molecule has 0 N–H and O–H groups in total. The van der Waals surface area contributed by atoms with E-state index in [1.54, 1.807) is 23.9 Å². The summed E-state index contributed by atoms with van der Waals surface area (Å²) in [5.41, 5.74) is 1.66. The van der Waals surface area contributed by atoms with Crippen LogP contribution in [0.5, 0.6) is 5.75 Å². The van der Waals surface area contributed by atoms with E-state index in [0.717, 1.165) is 11.3 Å². The molecule has 2 aromatic carbocycles. The quantitative estimate of drug-likeness (QED) is 0.441. The molecule has 34 heavy (non-hydrogen) atoms. The highest BCUT2D eigenvalue weighted by molar-refractivity contribution is 5.86. The minimum absolute atomic E-state index is 0.0709. The summed E-state index contributed by atoms with van der Waals surface area (Å²) in [4.78, 5) is 19.6. The van der Waals surface area contributed by atoms with E-state index in [4.69, 9.17) is 14.0 Å². The molecule has 1 aliphatic rings. The smallest absolute Gasteiger partial charge is 0.263 e. The van der Waals surface area contributed by atoms with Gasteiger partial charge in [0.25, 0.3) is 5.89 Å². The average molecular weight is 464 g/mol. The zero-order valence-electron chi connectivity index (χ0n) is 19.2. The molecule has 1 fully saturated rings. The largest absolute Gasteiger partial charge is 0.491 e. The highest BCUT2D eigenvalue weighted by Gasteiger charge is 2.21. The molecule has 5 rings (SSSR count). The summed E-state index contributed by atoms with van der Waals surface area (Å²) < 4.78 is 33.2. The number of benzene rings is 2. The highest BCUT2D eigenvalue weighted by Crippen LogP contribution is 2.28. The Morgan fingerprint density at radius 2 is 1.85 bits per heavy atom. The molecule has 0 amide bonds. The molecule has 4 aromatic rings. The number of hydrogen-bond donors (Lipinski definition) is 0. The van der Waals surface area contributed by atoms with Gasteiger partial charge in [0.05, 0.1) is 30.5 Å². The second kappa shape index (κ2) is 8.90. The minimum Gasteiger partial charge on any atom is -0.491 e. The first kappa shape index (κ1) is 22.1. The molecule has 1 saturated heterocycles. The van der Waals surface area contributed by atoms with Crippen molar-refractivity contribution in [2.75, 3.05) is 31.2 Å². The molecular formula is C25H25FN4O4. The number of anilines is 1. The van der Waals surface area contributed by atoms with Crippen LogP contribution in [0.1, 0.15) is 13.8 Å².